The Kier molecular flexibility index (Phi) is 7.29. The van der Waals surface area contributed by atoms with Crippen LogP contribution in [0.15, 0.2) is 48.7 Å². The van der Waals surface area contributed by atoms with E-state index in [0.717, 1.165) is 44.8 Å². The molecule has 2 heterocycles. The molecule has 3 rings (SSSR count). The van der Waals surface area contributed by atoms with Crippen molar-refractivity contribution in [3.63, 3.8) is 0 Å². The predicted octanol–water partition coefficient (Wildman–Crippen LogP) is 3.90. The summed E-state index contributed by atoms with van der Waals surface area (Å²) in [6, 6.07) is 14.0. The van der Waals surface area contributed by atoms with Crippen molar-refractivity contribution in [2.45, 2.75) is 38.8 Å². The third-order valence-corrected chi connectivity index (χ3v) is 5.60. The fourth-order valence-corrected chi connectivity index (χ4v) is 3.76. The van der Waals surface area contributed by atoms with Crippen molar-refractivity contribution < 1.29 is 4.79 Å². The van der Waals surface area contributed by atoms with E-state index < -0.39 is 0 Å². The number of hydrogen-bond acceptors (Lipinski definition) is 4. The molecule has 1 saturated heterocycles. The van der Waals surface area contributed by atoms with Crippen LogP contribution in [0.4, 0.5) is 5.82 Å². The second-order valence-corrected chi connectivity index (χ2v) is 7.73. The first-order valence-corrected chi connectivity index (χ1v) is 10.4. The molecule has 1 aliphatic rings. The fourth-order valence-electron chi connectivity index (χ4n) is 3.65. The quantitative estimate of drug-likeness (QED) is 0.765. The molecule has 6 heteroatoms. The number of benzene rings is 1. The highest BCUT2D eigenvalue weighted by Crippen LogP contribution is 2.20. The summed E-state index contributed by atoms with van der Waals surface area (Å²) >= 11 is 5.92. The average Bonchev–Trinajstić information content (AvgIpc) is 2.74. The number of anilines is 1. The molecule has 0 aliphatic carbocycles. The van der Waals surface area contributed by atoms with Crippen LogP contribution >= 0.6 is 11.6 Å². The van der Waals surface area contributed by atoms with Gasteiger partial charge in [0.05, 0.1) is 17.1 Å². The Labute approximate surface area is 172 Å². The highest BCUT2D eigenvalue weighted by Gasteiger charge is 2.27. The SMILES string of the molecule is CCCC(NC(=O)C(C)N1CCN(c2ccc(Cl)cn2)CC1)c1ccccc1. The van der Waals surface area contributed by atoms with E-state index in [1.807, 2.05) is 37.3 Å². The van der Waals surface area contributed by atoms with E-state index in [1.54, 1.807) is 6.20 Å². The first-order valence-electron chi connectivity index (χ1n) is 10.0. The van der Waals surface area contributed by atoms with Gasteiger partial charge in [-0.2, -0.15) is 0 Å². The van der Waals surface area contributed by atoms with E-state index in [9.17, 15) is 4.79 Å². The van der Waals surface area contributed by atoms with Crippen molar-refractivity contribution in [1.29, 1.82) is 0 Å². The molecule has 1 aliphatic heterocycles. The standard InChI is InChI=1S/C22H29ClN4O/c1-3-7-20(18-8-5-4-6-9-18)25-22(28)17(2)26-12-14-27(15-13-26)21-11-10-19(23)16-24-21/h4-6,8-11,16-17,20H,3,7,12-15H2,1-2H3,(H,25,28). The number of rotatable bonds is 7. The molecule has 0 spiro atoms. The van der Waals surface area contributed by atoms with Crippen LogP contribution in [0.3, 0.4) is 0 Å². The fraction of sp³-hybridized carbons (Fsp3) is 0.455. The summed E-state index contributed by atoms with van der Waals surface area (Å²) in [7, 11) is 0. The molecular formula is C22H29ClN4O. The molecule has 5 nitrogen and oxygen atoms in total. The zero-order valence-electron chi connectivity index (χ0n) is 16.6. The van der Waals surface area contributed by atoms with Gasteiger partial charge in [0.15, 0.2) is 0 Å². The van der Waals surface area contributed by atoms with Gasteiger partial charge in [-0.25, -0.2) is 4.98 Å². The Balaban J connectivity index is 1.55. The highest BCUT2D eigenvalue weighted by atomic mass is 35.5. The van der Waals surface area contributed by atoms with Gasteiger partial charge in [0.25, 0.3) is 0 Å². The minimum atomic E-state index is -0.150. The topological polar surface area (TPSA) is 48.5 Å². The molecule has 1 aromatic carbocycles. The molecule has 0 bridgehead atoms. The van der Waals surface area contributed by atoms with Gasteiger partial charge in [-0.15, -0.1) is 0 Å². The van der Waals surface area contributed by atoms with Crippen LogP contribution in [0.2, 0.25) is 5.02 Å². The molecule has 0 saturated carbocycles. The third kappa shape index (κ3) is 5.24. The molecule has 150 valence electrons. The molecule has 2 aromatic rings. The summed E-state index contributed by atoms with van der Waals surface area (Å²) in [6.07, 6.45) is 3.65. The molecule has 28 heavy (non-hydrogen) atoms. The summed E-state index contributed by atoms with van der Waals surface area (Å²) < 4.78 is 0. The van der Waals surface area contributed by atoms with E-state index >= 15 is 0 Å². The normalized spacial score (nSPS) is 17.2. The first kappa shape index (κ1) is 20.6. The lowest BCUT2D eigenvalue weighted by atomic mass is 10.0. The van der Waals surface area contributed by atoms with Crippen LogP contribution in [0.25, 0.3) is 0 Å². The maximum atomic E-state index is 12.9. The number of carbonyl (C=O) groups excluding carboxylic acids is 1. The first-order chi connectivity index (χ1) is 13.6. The molecular weight excluding hydrogens is 372 g/mol. The van der Waals surface area contributed by atoms with Gasteiger partial charge in [0.2, 0.25) is 5.91 Å². The molecule has 1 N–H and O–H groups in total. The van der Waals surface area contributed by atoms with Crippen LogP contribution in [-0.2, 0) is 4.79 Å². The van der Waals surface area contributed by atoms with Crippen molar-refractivity contribution in [3.05, 3.63) is 59.2 Å². The summed E-state index contributed by atoms with van der Waals surface area (Å²) in [5.41, 5.74) is 1.17. The number of pyridine rings is 1. The van der Waals surface area contributed by atoms with Crippen LogP contribution in [0, 0.1) is 0 Å². The van der Waals surface area contributed by atoms with E-state index in [0.29, 0.717) is 5.02 Å². The van der Waals surface area contributed by atoms with Crippen molar-refractivity contribution >= 4 is 23.3 Å². The van der Waals surface area contributed by atoms with Crippen molar-refractivity contribution in [2.75, 3.05) is 31.1 Å². The summed E-state index contributed by atoms with van der Waals surface area (Å²) in [6.45, 7) is 7.52. The number of amides is 1. The van der Waals surface area contributed by atoms with Crippen molar-refractivity contribution in [1.82, 2.24) is 15.2 Å². The van der Waals surface area contributed by atoms with Gasteiger partial charge in [-0.1, -0.05) is 55.3 Å². The van der Waals surface area contributed by atoms with Crippen LogP contribution in [0.1, 0.15) is 38.3 Å². The minimum Gasteiger partial charge on any atom is -0.354 e. The predicted molar refractivity (Wildman–Crippen MR) is 115 cm³/mol. The lowest BCUT2D eigenvalue weighted by molar-refractivity contribution is -0.126. The van der Waals surface area contributed by atoms with E-state index in [4.69, 9.17) is 11.6 Å². The Hall–Kier alpha value is -2.11. The van der Waals surface area contributed by atoms with Crippen LogP contribution < -0.4 is 10.2 Å². The van der Waals surface area contributed by atoms with E-state index in [1.165, 1.54) is 5.56 Å². The molecule has 2 atom stereocenters. The summed E-state index contributed by atoms with van der Waals surface area (Å²) in [5.74, 6) is 1.04. The maximum Gasteiger partial charge on any atom is 0.237 e. The molecule has 1 fully saturated rings. The van der Waals surface area contributed by atoms with Crippen LogP contribution in [-0.4, -0.2) is 48.0 Å². The number of halogens is 1. The Bertz CT molecular complexity index is 745. The lowest BCUT2D eigenvalue weighted by Gasteiger charge is -2.38. The third-order valence-electron chi connectivity index (χ3n) is 5.37. The Morgan fingerprint density at radius 1 is 1.14 bits per heavy atom. The molecule has 1 aromatic heterocycles. The number of aromatic nitrogens is 1. The summed E-state index contributed by atoms with van der Waals surface area (Å²) in [5, 5.41) is 3.91. The minimum absolute atomic E-state index is 0.0701. The number of hydrogen-bond donors (Lipinski definition) is 1. The second-order valence-electron chi connectivity index (χ2n) is 7.29. The molecule has 1 amide bonds. The number of nitrogens with one attached hydrogen (secondary N) is 1. The van der Waals surface area contributed by atoms with E-state index in [-0.39, 0.29) is 18.0 Å². The van der Waals surface area contributed by atoms with Gasteiger partial charge >= 0.3 is 0 Å². The monoisotopic (exact) mass is 400 g/mol. The Morgan fingerprint density at radius 2 is 1.86 bits per heavy atom. The summed E-state index contributed by atoms with van der Waals surface area (Å²) in [4.78, 5) is 21.8. The number of carbonyl (C=O) groups is 1. The van der Waals surface area contributed by atoms with Gasteiger partial charge < -0.3 is 10.2 Å². The van der Waals surface area contributed by atoms with Gasteiger partial charge in [-0.05, 0) is 31.0 Å². The van der Waals surface area contributed by atoms with Crippen LogP contribution in [0.5, 0.6) is 0 Å². The zero-order valence-corrected chi connectivity index (χ0v) is 17.4. The maximum absolute atomic E-state index is 12.9. The lowest BCUT2D eigenvalue weighted by Crippen LogP contribution is -2.54. The van der Waals surface area contributed by atoms with Gasteiger partial charge in [0, 0.05) is 32.4 Å². The van der Waals surface area contributed by atoms with Gasteiger partial charge in [-0.3, -0.25) is 9.69 Å². The smallest absolute Gasteiger partial charge is 0.237 e. The van der Waals surface area contributed by atoms with E-state index in [2.05, 4.69) is 39.2 Å². The molecule has 2 unspecified atom stereocenters. The molecule has 0 radical (unpaired) electrons. The van der Waals surface area contributed by atoms with Crippen molar-refractivity contribution in [3.8, 4) is 0 Å². The zero-order chi connectivity index (χ0) is 19.9. The number of nitrogens with zero attached hydrogens (tertiary/aromatic N) is 3. The largest absolute Gasteiger partial charge is 0.354 e. The van der Waals surface area contributed by atoms with Gasteiger partial charge in [0.1, 0.15) is 5.82 Å². The second kappa shape index (κ2) is 9.89. The Morgan fingerprint density at radius 3 is 2.46 bits per heavy atom. The average molecular weight is 401 g/mol. The highest BCUT2D eigenvalue weighted by molar-refractivity contribution is 6.30. The van der Waals surface area contributed by atoms with Crippen molar-refractivity contribution in [2.24, 2.45) is 0 Å². The number of piperazine rings is 1.